The van der Waals surface area contributed by atoms with Crippen LogP contribution in [-0.2, 0) is 0 Å². The fourth-order valence-electron chi connectivity index (χ4n) is 2.18. The summed E-state index contributed by atoms with van der Waals surface area (Å²) < 4.78 is 0. The van der Waals surface area contributed by atoms with E-state index in [2.05, 4.69) is 15.5 Å². The smallest absolute Gasteiger partial charge is 0.267 e. The lowest BCUT2D eigenvalue weighted by Gasteiger charge is -2.03. The molecule has 7 nitrogen and oxygen atoms in total. The van der Waals surface area contributed by atoms with Crippen LogP contribution in [0.25, 0.3) is 10.9 Å². The van der Waals surface area contributed by atoms with Crippen LogP contribution in [0, 0.1) is 10.1 Å². The van der Waals surface area contributed by atoms with Gasteiger partial charge in [-0.25, -0.2) is 10.4 Å². The molecule has 0 saturated heterocycles. The van der Waals surface area contributed by atoms with Gasteiger partial charge in [0.15, 0.2) is 0 Å². The molecule has 1 N–H and O–H groups in total. The van der Waals surface area contributed by atoms with Gasteiger partial charge in [0.25, 0.3) is 11.6 Å². The van der Waals surface area contributed by atoms with Gasteiger partial charge in [-0.2, -0.15) is 5.10 Å². The lowest BCUT2D eigenvalue weighted by Crippen LogP contribution is -2.17. The largest absolute Gasteiger partial charge is 0.271 e. The highest BCUT2D eigenvalue weighted by Gasteiger charge is 2.09. The van der Waals surface area contributed by atoms with Crippen molar-refractivity contribution in [3.8, 4) is 0 Å². The van der Waals surface area contributed by atoms with Gasteiger partial charge in [-0.05, 0) is 24.3 Å². The first-order valence-electron chi connectivity index (χ1n) is 7.18. The zero-order valence-electron chi connectivity index (χ0n) is 12.7. The summed E-state index contributed by atoms with van der Waals surface area (Å²) in [4.78, 5) is 26.5. The van der Waals surface area contributed by atoms with Crippen LogP contribution in [0.1, 0.15) is 15.9 Å². The van der Waals surface area contributed by atoms with Gasteiger partial charge in [0.2, 0.25) is 0 Å². The Balaban J connectivity index is 1.84. The van der Waals surface area contributed by atoms with Crippen molar-refractivity contribution in [1.29, 1.82) is 0 Å². The molecule has 0 aliphatic rings. The molecule has 3 rings (SSSR count). The first-order chi connectivity index (χ1) is 12.0. The molecule has 0 atom stereocenters. The molecule has 1 heterocycles. The van der Waals surface area contributed by atoms with Crippen molar-refractivity contribution in [1.82, 2.24) is 10.4 Å². The molecule has 0 aliphatic carbocycles. The van der Waals surface area contributed by atoms with Crippen molar-refractivity contribution in [2.75, 3.05) is 0 Å². The maximum Gasteiger partial charge on any atom is 0.271 e. The zero-order chi connectivity index (χ0) is 17.8. The van der Waals surface area contributed by atoms with E-state index in [1.807, 2.05) is 0 Å². The number of hydrogen-bond donors (Lipinski definition) is 1. The van der Waals surface area contributed by atoms with E-state index in [0.29, 0.717) is 22.0 Å². The van der Waals surface area contributed by atoms with Crippen LogP contribution >= 0.6 is 11.6 Å². The Hall–Kier alpha value is -3.32. The number of hydrazone groups is 1. The van der Waals surface area contributed by atoms with Gasteiger partial charge in [-0.1, -0.05) is 29.8 Å². The summed E-state index contributed by atoms with van der Waals surface area (Å²) in [6.07, 6.45) is 1.34. The average Bonchev–Trinajstić information content (AvgIpc) is 2.62. The Morgan fingerprint density at radius 3 is 2.68 bits per heavy atom. The van der Waals surface area contributed by atoms with Crippen molar-refractivity contribution in [2.45, 2.75) is 0 Å². The summed E-state index contributed by atoms with van der Waals surface area (Å²) in [6, 6.07) is 14.5. The third-order valence-electron chi connectivity index (χ3n) is 3.40. The summed E-state index contributed by atoms with van der Waals surface area (Å²) in [7, 11) is 0. The second kappa shape index (κ2) is 7.06. The van der Waals surface area contributed by atoms with Gasteiger partial charge >= 0.3 is 0 Å². The van der Waals surface area contributed by atoms with E-state index in [9.17, 15) is 14.9 Å². The lowest BCUT2D eigenvalue weighted by atomic mass is 10.1. The summed E-state index contributed by atoms with van der Waals surface area (Å²) in [6.45, 7) is 0. The minimum atomic E-state index is -0.484. The molecule has 2 aromatic carbocycles. The molecule has 0 radical (unpaired) electrons. The van der Waals surface area contributed by atoms with Gasteiger partial charge in [0, 0.05) is 28.6 Å². The Labute approximate surface area is 147 Å². The average molecular weight is 355 g/mol. The zero-order valence-corrected chi connectivity index (χ0v) is 13.5. The molecule has 0 spiro atoms. The number of aromatic nitrogens is 1. The van der Waals surface area contributed by atoms with Crippen LogP contribution in [0.2, 0.25) is 5.15 Å². The molecule has 1 amide bonds. The molecule has 0 unspecified atom stereocenters. The molecule has 124 valence electrons. The van der Waals surface area contributed by atoms with E-state index < -0.39 is 4.92 Å². The first-order valence-corrected chi connectivity index (χ1v) is 7.55. The van der Waals surface area contributed by atoms with E-state index in [-0.39, 0.29) is 16.7 Å². The highest BCUT2D eigenvalue weighted by molar-refractivity contribution is 6.32. The number of benzene rings is 2. The van der Waals surface area contributed by atoms with Crippen molar-refractivity contribution < 1.29 is 9.72 Å². The normalized spacial score (nSPS) is 10.9. The SMILES string of the molecule is O=C(N/N=C\c1cc2cc([N+](=O)[O-])ccc2nc1Cl)c1ccccc1. The minimum absolute atomic E-state index is 0.0445. The predicted octanol–water partition coefficient (Wildman–Crippen LogP) is 3.56. The number of halogens is 1. The van der Waals surface area contributed by atoms with Crippen LogP contribution < -0.4 is 5.43 Å². The van der Waals surface area contributed by atoms with Crippen LogP contribution in [0.15, 0.2) is 59.7 Å². The van der Waals surface area contributed by atoms with E-state index in [0.717, 1.165) is 0 Å². The number of carbonyl (C=O) groups excluding carboxylic acids is 1. The maximum atomic E-state index is 11.9. The third kappa shape index (κ3) is 3.78. The number of carbonyl (C=O) groups is 1. The Kier molecular flexibility index (Phi) is 4.67. The fourth-order valence-corrected chi connectivity index (χ4v) is 2.37. The molecule has 3 aromatic rings. The lowest BCUT2D eigenvalue weighted by molar-refractivity contribution is -0.384. The van der Waals surface area contributed by atoms with Gasteiger partial charge in [0.05, 0.1) is 16.7 Å². The maximum absolute atomic E-state index is 11.9. The van der Waals surface area contributed by atoms with E-state index >= 15 is 0 Å². The number of nitro benzene ring substituents is 1. The highest BCUT2D eigenvalue weighted by Crippen LogP contribution is 2.23. The number of nitrogens with one attached hydrogen (secondary N) is 1. The topological polar surface area (TPSA) is 97.5 Å². The standard InChI is InChI=1S/C17H11ClN4O3/c18-16-13(10-19-21-17(23)11-4-2-1-3-5-11)8-12-9-14(22(24)25)6-7-15(12)20-16/h1-10H,(H,21,23)/b19-10-. The van der Waals surface area contributed by atoms with Crippen molar-refractivity contribution in [2.24, 2.45) is 5.10 Å². The highest BCUT2D eigenvalue weighted by atomic mass is 35.5. The number of rotatable bonds is 4. The van der Waals surface area contributed by atoms with E-state index in [1.165, 1.54) is 24.4 Å². The Morgan fingerprint density at radius 1 is 1.20 bits per heavy atom. The molecule has 1 aromatic heterocycles. The van der Waals surface area contributed by atoms with Crippen molar-refractivity contribution >= 4 is 40.3 Å². The number of non-ortho nitro benzene ring substituents is 1. The molecule has 0 bridgehead atoms. The number of hydrogen-bond acceptors (Lipinski definition) is 5. The fraction of sp³-hybridized carbons (Fsp3) is 0. The second-order valence-electron chi connectivity index (χ2n) is 5.07. The van der Waals surface area contributed by atoms with E-state index in [4.69, 9.17) is 11.6 Å². The van der Waals surface area contributed by atoms with Gasteiger partial charge in [-0.15, -0.1) is 0 Å². The summed E-state index contributed by atoms with van der Waals surface area (Å²) in [5.74, 6) is -0.364. The van der Waals surface area contributed by atoms with Crippen LogP contribution in [0.3, 0.4) is 0 Å². The quantitative estimate of drug-likeness (QED) is 0.335. The molecule has 25 heavy (non-hydrogen) atoms. The molecular formula is C17H11ClN4O3. The molecule has 0 fully saturated rings. The number of pyridine rings is 1. The molecule has 8 heteroatoms. The van der Waals surface area contributed by atoms with Crippen LogP contribution in [0.5, 0.6) is 0 Å². The number of nitro groups is 1. The number of amides is 1. The minimum Gasteiger partial charge on any atom is -0.267 e. The summed E-state index contributed by atoms with van der Waals surface area (Å²) in [5, 5.41) is 15.5. The third-order valence-corrected chi connectivity index (χ3v) is 3.70. The second-order valence-corrected chi connectivity index (χ2v) is 5.43. The molecule has 0 aliphatic heterocycles. The predicted molar refractivity (Wildman–Crippen MR) is 94.9 cm³/mol. The van der Waals surface area contributed by atoms with Crippen molar-refractivity contribution in [3.63, 3.8) is 0 Å². The van der Waals surface area contributed by atoms with Gasteiger partial charge in [0.1, 0.15) is 5.15 Å². The molecular weight excluding hydrogens is 344 g/mol. The Bertz CT molecular complexity index is 990. The molecule has 0 saturated carbocycles. The van der Waals surface area contributed by atoms with Gasteiger partial charge < -0.3 is 0 Å². The van der Waals surface area contributed by atoms with Crippen LogP contribution in [0.4, 0.5) is 5.69 Å². The monoisotopic (exact) mass is 354 g/mol. The van der Waals surface area contributed by atoms with Crippen LogP contribution in [-0.4, -0.2) is 22.0 Å². The van der Waals surface area contributed by atoms with E-state index in [1.54, 1.807) is 36.4 Å². The van der Waals surface area contributed by atoms with Gasteiger partial charge in [-0.3, -0.25) is 14.9 Å². The summed E-state index contributed by atoms with van der Waals surface area (Å²) in [5.41, 5.74) is 3.78. The summed E-state index contributed by atoms with van der Waals surface area (Å²) >= 11 is 6.09. The Morgan fingerprint density at radius 2 is 1.96 bits per heavy atom. The first kappa shape index (κ1) is 16.5. The van der Waals surface area contributed by atoms with Crippen molar-refractivity contribution in [3.05, 3.63) is 81.0 Å². The number of nitrogens with zero attached hydrogens (tertiary/aromatic N) is 3. The number of fused-ring (bicyclic) bond motifs is 1.